The highest BCUT2D eigenvalue weighted by Gasteiger charge is 2.26. The zero-order valence-electron chi connectivity index (χ0n) is 29.6. The van der Waals surface area contributed by atoms with Crippen molar-refractivity contribution in [3.8, 4) is 0 Å². The molecule has 1 atom stereocenters. The van der Waals surface area contributed by atoms with Crippen LogP contribution in [0.3, 0.4) is 0 Å². The minimum atomic E-state index is -4.72. The minimum absolute atomic E-state index is 0.274. The highest BCUT2D eigenvalue weighted by Crippen LogP contribution is 2.15. The predicted octanol–water partition coefficient (Wildman–Crippen LogP) is 9.71. The van der Waals surface area contributed by atoms with E-state index >= 15 is 0 Å². The fourth-order valence-electron chi connectivity index (χ4n) is 5.82. The van der Waals surface area contributed by atoms with Gasteiger partial charge in [0.1, 0.15) is 6.04 Å². The Morgan fingerprint density at radius 2 is 0.933 bits per heavy atom. The number of nitrogens with zero attached hydrogens (tertiary/aromatic N) is 1. The molecule has 268 valence electrons. The quantitative estimate of drug-likeness (QED) is 0.0525. The first-order valence-electron chi connectivity index (χ1n) is 18.9. The standard InChI is InChI=1S/C36H72N2O6S/c1-4-6-8-10-12-14-16-18-19-20-21-23-25-27-29-31-35(39)37-34(33-44-45(41,42)43)36(40)38(3)32-30-28-26-24-22-17-15-13-11-9-7-5-2/h34H,4-33H2,1-3H3,(H,37,39)(H,41,42,43)/t34-/m0/s1. The van der Waals surface area contributed by atoms with Gasteiger partial charge in [0.15, 0.2) is 0 Å². The van der Waals surface area contributed by atoms with Gasteiger partial charge in [-0.1, -0.05) is 174 Å². The Morgan fingerprint density at radius 1 is 0.600 bits per heavy atom. The number of nitrogens with one attached hydrogen (secondary N) is 1. The van der Waals surface area contributed by atoms with E-state index in [-0.39, 0.29) is 12.3 Å². The van der Waals surface area contributed by atoms with Crippen LogP contribution in [0, 0.1) is 0 Å². The molecule has 9 heteroatoms. The maximum atomic E-state index is 13.0. The van der Waals surface area contributed by atoms with Gasteiger partial charge >= 0.3 is 10.4 Å². The molecule has 0 aromatic heterocycles. The first-order valence-corrected chi connectivity index (χ1v) is 20.2. The topological polar surface area (TPSA) is 113 Å². The van der Waals surface area contributed by atoms with Gasteiger partial charge in [-0.05, 0) is 12.8 Å². The third-order valence-electron chi connectivity index (χ3n) is 8.75. The van der Waals surface area contributed by atoms with Gasteiger partial charge in [-0.25, -0.2) is 4.18 Å². The molecule has 0 unspecified atom stereocenters. The van der Waals surface area contributed by atoms with Gasteiger partial charge in [0.05, 0.1) is 6.61 Å². The van der Waals surface area contributed by atoms with Crippen molar-refractivity contribution in [2.45, 2.75) is 200 Å². The summed E-state index contributed by atoms with van der Waals surface area (Å²) in [5.74, 6) is -0.715. The number of hydrogen-bond donors (Lipinski definition) is 2. The summed E-state index contributed by atoms with van der Waals surface area (Å²) in [6.07, 6.45) is 33.7. The van der Waals surface area contributed by atoms with Crippen LogP contribution in [0.4, 0.5) is 0 Å². The molecule has 0 aromatic rings. The molecule has 45 heavy (non-hydrogen) atoms. The SMILES string of the molecule is CCCCCCCCCCCCCCCCCC(=O)N[C@@H](COS(=O)(=O)O)C(=O)N(C)CCCCCCCCCCCCCC. The Hall–Kier alpha value is -1.19. The molecule has 8 nitrogen and oxygen atoms in total. The van der Waals surface area contributed by atoms with Crippen LogP contribution < -0.4 is 5.32 Å². The Kier molecular flexibility index (Phi) is 30.6. The van der Waals surface area contributed by atoms with E-state index in [9.17, 15) is 18.0 Å². The van der Waals surface area contributed by atoms with Crippen molar-refractivity contribution in [2.24, 2.45) is 0 Å². The zero-order valence-corrected chi connectivity index (χ0v) is 30.5. The number of unbranched alkanes of at least 4 members (excludes halogenated alkanes) is 25. The van der Waals surface area contributed by atoms with Crippen molar-refractivity contribution in [1.82, 2.24) is 10.2 Å². The van der Waals surface area contributed by atoms with E-state index in [1.807, 2.05) is 0 Å². The van der Waals surface area contributed by atoms with Gasteiger partial charge < -0.3 is 10.2 Å². The summed E-state index contributed by atoms with van der Waals surface area (Å²) in [6, 6.07) is -1.15. The highest BCUT2D eigenvalue weighted by molar-refractivity contribution is 7.80. The van der Waals surface area contributed by atoms with Crippen LogP contribution in [0.15, 0.2) is 0 Å². The van der Waals surface area contributed by atoms with Crippen LogP contribution in [0.1, 0.15) is 194 Å². The highest BCUT2D eigenvalue weighted by atomic mass is 32.3. The van der Waals surface area contributed by atoms with Crippen molar-refractivity contribution in [1.29, 1.82) is 0 Å². The fourth-order valence-corrected chi connectivity index (χ4v) is 6.13. The van der Waals surface area contributed by atoms with Crippen molar-refractivity contribution in [3.05, 3.63) is 0 Å². The number of rotatable bonds is 34. The van der Waals surface area contributed by atoms with E-state index in [0.29, 0.717) is 6.54 Å². The predicted molar refractivity (Wildman–Crippen MR) is 188 cm³/mol. The van der Waals surface area contributed by atoms with E-state index in [1.165, 1.54) is 140 Å². The number of amides is 2. The first-order chi connectivity index (χ1) is 21.7. The lowest BCUT2D eigenvalue weighted by molar-refractivity contribution is -0.136. The van der Waals surface area contributed by atoms with Crippen LogP contribution >= 0.6 is 0 Å². The summed E-state index contributed by atoms with van der Waals surface area (Å²) < 4.78 is 35.8. The van der Waals surface area contributed by atoms with Crippen molar-refractivity contribution < 1.29 is 26.7 Å². The molecule has 0 bridgehead atoms. The van der Waals surface area contributed by atoms with Crippen LogP contribution in [0.25, 0.3) is 0 Å². The second-order valence-electron chi connectivity index (χ2n) is 13.2. The molecule has 0 radical (unpaired) electrons. The van der Waals surface area contributed by atoms with E-state index in [2.05, 4.69) is 23.3 Å². The monoisotopic (exact) mass is 661 g/mol. The molecular weight excluding hydrogens is 588 g/mol. The molecule has 2 amide bonds. The summed E-state index contributed by atoms with van der Waals surface area (Å²) in [5.41, 5.74) is 0. The smallest absolute Gasteiger partial charge is 0.344 e. The fraction of sp³-hybridized carbons (Fsp3) is 0.944. The Balaban J connectivity index is 4.09. The number of carbonyl (C=O) groups is 2. The largest absolute Gasteiger partial charge is 0.397 e. The van der Waals surface area contributed by atoms with E-state index in [4.69, 9.17) is 4.55 Å². The van der Waals surface area contributed by atoms with E-state index < -0.39 is 29.0 Å². The average molecular weight is 661 g/mol. The average Bonchev–Trinajstić information content (AvgIpc) is 3.00. The summed E-state index contributed by atoms with van der Waals surface area (Å²) in [7, 11) is -3.07. The Bertz CT molecular complexity index is 792. The Labute approximate surface area is 278 Å². The van der Waals surface area contributed by atoms with Gasteiger partial charge in [-0.3, -0.25) is 14.1 Å². The molecule has 0 spiro atoms. The maximum Gasteiger partial charge on any atom is 0.397 e. The van der Waals surface area contributed by atoms with Gasteiger partial charge in [-0.15, -0.1) is 0 Å². The first kappa shape index (κ1) is 43.8. The number of hydrogen-bond acceptors (Lipinski definition) is 5. The molecule has 0 aliphatic carbocycles. The van der Waals surface area contributed by atoms with Crippen molar-refractivity contribution in [3.63, 3.8) is 0 Å². The molecule has 0 fully saturated rings. The van der Waals surface area contributed by atoms with Crippen LogP contribution in [0.2, 0.25) is 0 Å². The second-order valence-corrected chi connectivity index (χ2v) is 14.3. The lowest BCUT2D eigenvalue weighted by Crippen LogP contribution is -2.50. The summed E-state index contributed by atoms with van der Waals surface area (Å²) in [5, 5.41) is 2.64. The minimum Gasteiger partial charge on any atom is -0.344 e. The van der Waals surface area contributed by atoms with Crippen LogP contribution in [0.5, 0.6) is 0 Å². The summed E-state index contributed by atoms with van der Waals surface area (Å²) in [4.78, 5) is 27.1. The second kappa shape index (κ2) is 31.4. The van der Waals surface area contributed by atoms with E-state index in [0.717, 1.165) is 38.5 Å². The van der Waals surface area contributed by atoms with Gasteiger partial charge in [-0.2, -0.15) is 8.42 Å². The molecule has 0 rings (SSSR count). The third-order valence-corrected chi connectivity index (χ3v) is 9.18. The normalized spacial score (nSPS) is 12.4. The van der Waals surface area contributed by atoms with E-state index in [1.54, 1.807) is 7.05 Å². The van der Waals surface area contributed by atoms with Crippen LogP contribution in [-0.4, -0.2) is 55.9 Å². The molecule has 0 aromatic carbocycles. The Morgan fingerprint density at radius 3 is 1.29 bits per heavy atom. The zero-order chi connectivity index (χ0) is 33.4. The molecular formula is C36H72N2O6S. The number of carbonyl (C=O) groups excluding carboxylic acids is 2. The van der Waals surface area contributed by atoms with Gasteiger partial charge in [0, 0.05) is 20.0 Å². The van der Waals surface area contributed by atoms with Crippen molar-refractivity contribution in [2.75, 3.05) is 20.2 Å². The summed E-state index contributed by atoms with van der Waals surface area (Å²) >= 11 is 0. The lowest BCUT2D eigenvalue weighted by atomic mass is 10.0. The van der Waals surface area contributed by atoms with Crippen LogP contribution in [-0.2, 0) is 24.2 Å². The third kappa shape index (κ3) is 31.2. The van der Waals surface area contributed by atoms with Crippen molar-refractivity contribution >= 4 is 22.2 Å². The summed E-state index contributed by atoms with van der Waals surface area (Å²) in [6.45, 7) is 4.40. The lowest BCUT2D eigenvalue weighted by Gasteiger charge is -2.24. The van der Waals surface area contributed by atoms with Gasteiger partial charge in [0.2, 0.25) is 11.8 Å². The molecule has 0 aliphatic heterocycles. The van der Waals surface area contributed by atoms with Gasteiger partial charge in [0.25, 0.3) is 0 Å². The molecule has 2 N–H and O–H groups in total. The molecule has 0 saturated carbocycles. The number of likely N-dealkylation sites (N-methyl/N-ethyl adjacent to an activating group) is 1. The molecule has 0 saturated heterocycles. The molecule has 0 heterocycles. The maximum absolute atomic E-state index is 13.0. The molecule has 0 aliphatic rings.